The van der Waals surface area contributed by atoms with E-state index in [0.29, 0.717) is 47.3 Å². The Morgan fingerprint density at radius 1 is 1.22 bits per heavy atom. The number of amides is 1. The van der Waals surface area contributed by atoms with Gasteiger partial charge in [0, 0.05) is 25.2 Å². The van der Waals surface area contributed by atoms with E-state index in [1.807, 2.05) is 11.8 Å². The number of benzene rings is 2. The van der Waals surface area contributed by atoms with Crippen molar-refractivity contribution in [3.8, 4) is 0 Å². The molecule has 0 saturated carbocycles. The van der Waals surface area contributed by atoms with E-state index < -0.39 is 0 Å². The van der Waals surface area contributed by atoms with Gasteiger partial charge in [-0.1, -0.05) is 60.1 Å². The smallest absolute Gasteiger partial charge is 0.262 e. The topological polar surface area (TPSA) is 64.4 Å². The van der Waals surface area contributed by atoms with Crippen LogP contribution in [0.5, 0.6) is 0 Å². The quantitative estimate of drug-likeness (QED) is 0.319. The van der Waals surface area contributed by atoms with E-state index in [1.165, 1.54) is 17.3 Å². The molecule has 0 atom stereocenters. The first kappa shape index (κ1) is 24.3. The molecule has 0 bridgehead atoms. The van der Waals surface area contributed by atoms with Gasteiger partial charge in [-0.3, -0.25) is 14.2 Å². The third-order valence-corrected chi connectivity index (χ3v) is 6.26. The largest absolute Gasteiger partial charge is 0.383 e. The van der Waals surface area contributed by atoms with E-state index in [4.69, 9.17) is 16.3 Å². The lowest BCUT2D eigenvalue weighted by molar-refractivity contribution is -0.129. The molecule has 3 aromatic rings. The number of nitrogens with zero attached hydrogens (tertiary/aromatic N) is 3. The first-order chi connectivity index (χ1) is 15.4. The van der Waals surface area contributed by atoms with E-state index in [9.17, 15) is 9.59 Å². The van der Waals surface area contributed by atoms with Crippen molar-refractivity contribution >= 4 is 40.2 Å². The molecule has 32 heavy (non-hydrogen) atoms. The summed E-state index contributed by atoms with van der Waals surface area (Å²) in [6, 6.07) is 13.2. The number of carbonyl (C=O) groups is 1. The lowest BCUT2D eigenvalue weighted by atomic mass is 10.1. The molecule has 0 unspecified atom stereocenters. The standard InChI is InChI=1S/C24H28ClN3O3S/c1-4-11-27(15-18-7-5-17(2)6-8-18)22(29)16-32-24-26-21-14-19(25)9-10-20(21)23(30)28(24)12-13-31-3/h5-10,14H,4,11-13,15-16H2,1-3H3. The number of rotatable bonds is 10. The summed E-state index contributed by atoms with van der Waals surface area (Å²) in [6.45, 7) is 6.06. The molecule has 1 amide bonds. The van der Waals surface area contributed by atoms with Crippen molar-refractivity contribution in [1.29, 1.82) is 0 Å². The van der Waals surface area contributed by atoms with Crippen LogP contribution >= 0.6 is 23.4 Å². The number of methoxy groups -OCH3 is 1. The molecule has 6 nitrogen and oxygen atoms in total. The van der Waals surface area contributed by atoms with Crippen LogP contribution in [-0.2, 0) is 22.6 Å². The Balaban J connectivity index is 1.82. The van der Waals surface area contributed by atoms with Crippen LogP contribution < -0.4 is 5.56 Å². The molecule has 1 aromatic heterocycles. The lowest BCUT2D eigenvalue weighted by Gasteiger charge is -2.22. The molecular formula is C24H28ClN3O3S. The normalized spacial score (nSPS) is 11.1. The second-order valence-electron chi connectivity index (χ2n) is 7.60. The summed E-state index contributed by atoms with van der Waals surface area (Å²) in [5.41, 5.74) is 2.65. The highest BCUT2D eigenvalue weighted by atomic mass is 35.5. The van der Waals surface area contributed by atoms with Gasteiger partial charge in [0.25, 0.3) is 5.56 Å². The maximum Gasteiger partial charge on any atom is 0.262 e. The van der Waals surface area contributed by atoms with Gasteiger partial charge in [-0.15, -0.1) is 0 Å². The molecule has 170 valence electrons. The van der Waals surface area contributed by atoms with Crippen molar-refractivity contribution < 1.29 is 9.53 Å². The summed E-state index contributed by atoms with van der Waals surface area (Å²) in [4.78, 5) is 32.6. The van der Waals surface area contributed by atoms with Crippen LogP contribution in [0, 0.1) is 6.92 Å². The second kappa shape index (κ2) is 11.5. The zero-order chi connectivity index (χ0) is 23.1. The first-order valence-corrected chi connectivity index (χ1v) is 11.9. The van der Waals surface area contributed by atoms with E-state index in [-0.39, 0.29) is 17.2 Å². The Kier molecular flexibility index (Phi) is 8.73. The molecule has 2 aromatic carbocycles. The zero-order valence-corrected chi connectivity index (χ0v) is 20.2. The number of carbonyl (C=O) groups excluding carboxylic acids is 1. The Morgan fingerprint density at radius 3 is 2.66 bits per heavy atom. The van der Waals surface area contributed by atoms with Crippen molar-refractivity contribution in [2.75, 3.05) is 26.0 Å². The second-order valence-corrected chi connectivity index (χ2v) is 8.97. The highest BCUT2D eigenvalue weighted by Gasteiger charge is 2.17. The van der Waals surface area contributed by atoms with Gasteiger partial charge >= 0.3 is 0 Å². The van der Waals surface area contributed by atoms with E-state index in [2.05, 4.69) is 36.2 Å². The maximum atomic E-state index is 13.0. The van der Waals surface area contributed by atoms with Crippen LogP contribution in [0.15, 0.2) is 52.4 Å². The molecule has 0 saturated heterocycles. The summed E-state index contributed by atoms with van der Waals surface area (Å²) in [6.07, 6.45) is 0.869. The number of thioether (sulfide) groups is 1. The van der Waals surface area contributed by atoms with Gasteiger partial charge in [0.2, 0.25) is 5.91 Å². The third kappa shape index (κ3) is 6.12. The van der Waals surface area contributed by atoms with Crippen LogP contribution in [0.2, 0.25) is 5.02 Å². The molecule has 0 aliphatic rings. The average molecular weight is 474 g/mol. The number of aryl methyl sites for hydroxylation is 1. The molecular weight excluding hydrogens is 446 g/mol. The first-order valence-electron chi connectivity index (χ1n) is 10.6. The van der Waals surface area contributed by atoms with Crippen LogP contribution in [-0.4, -0.2) is 46.4 Å². The van der Waals surface area contributed by atoms with Crippen molar-refractivity contribution in [3.63, 3.8) is 0 Å². The Hall–Kier alpha value is -2.35. The maximum absolute atomic E-state index is 13.0. The molecule has 0 radical (unpaired) electrons. The predicted octanol–water partition coefficient (Wildman–Crippen LogP) is 4.54. The van der Waals surface area contributed by atoms with Gasteiger partial charge in [0.15, 0.2) is 5.16 Å². The molecule has 1 heterocycles. The van der Waals surface area contributed by atoms with Gasteiger partial charge in [-0.05, 0) is 37.1 Å². The van der Waals surface area contributed by atoms with Gasteiger partial charge in [0.1, 0.15) is 0 Å². The molecule has 0 aliphatic carbocycles. The number of hydrogen-bond donors (Lipinski definition) is 0. The van der Waals surface area contributed by atoms with E-state index in [1.54, 1.807) is 29.9 Å². The molecule has 0 N–H and O–H groups in total. The summed E-state index contributed by atoms with van der Waals surface area (Å²) < 4.78 is 6.74. The zero-order valence-electron chi connectivity index (χ0n) is 18.6. The van der Waals surface area contributed by atoms with Crippen LogP contribution in [0.1, 0.15) is 24.5 Å². The fraction of sp³-hybridized carbons (Fsp3) is 0.375. The number of hydrogen-bond acceptors (Lipinski definition) is 5. The monoisotopic (exact) mass is 473 g/mol. The van der Waals surface area contributed by atoms with Gasteiger partial charge < -0.3 is 9.64 Å². The summed E-state index contributed by atoms with van der Waals surface area (Å²) >= 11 is 7.37. The minimum atomic E-state index is -0.163. The van der Waals surface area contributed by atoms with Gasteiger partial charge in [-0.25, -0.2) is 4.98 Å². The average Bonchev–Trinajstić information content (AvgIpc) is 2.78. The fourth-order valence-electron chi connectivity index (χ4n) is 3.36. The summed E-state index contributed by atoms with van der Waals surface area (Å²) in [5, 5.41) is 1.49. The summed E-state index contributed by atoms with van der Waals surface area (Å²) in [7, 11) is 1.59. The molecule has 0 aliphatic heterocycles. The number of ether oxygens (including phenoxy) is 1. The Morgan fingerprint density at radius 2 is 1.97 bits per heavy atom. The van der Waals surface area contributed by atoms with Gasteiger partial charge in [-0.2, -0.15) is 0 Å². The van der Waals surface area contributed by atoms with Crippen molar-refractivity contribution in [2.45, 2.75) is 38.5 Å². The lowest BCUT2D eigenvalue weighted by Crippen LogP contribution is -2.33. The SMILES string of the molecule is CCCN(Cc1ccc(C)cc1)C(=O)CSc1nc2cc(Cl)ccc2c(=O)n1CCOC. The van der Waals surface area contributed by atoms with Crippen molar-refractivity contribution in [1.82, 2.24) is 14.5 Å². The van der Waals surface area contributed by atoms with E-state index in [0.717, 1.165) is 12.0 Å². The number of halogens is 1. The Labute approximate surface area is 197 Å². The van der Waals surface area contributed by atoms with E-state index >= 15 is 0 Å². The molecule has 3 rings (SSSR count). The number of fused-ring (bicyclic) bond motifs is 1. The molecule has 0 fully saturated rings. The van der Waals surface area contributed by atoms with Crippen molar-refractivity contribution in [2.24, 2.45) is 0 Å². The van der Waals surface area contributed by atoms with Crippen LogP contribution in [0.4, 0.5) is 0 Å². The van der Waals surface area contributed by atoms with Crippen LogP contribution in [0.3, 0.4) is 0 Å². The minimum absolute atomic E-state index is 0.0103. The third-order valence-electron chi connectivity index (χ3n) is 5.07. The van der Waals surface area contributed by atoms with Gasteiger partial charge in [0.05, 0.1) is 29.8 Å². The number of aromatic nitrogens is 2. The Bertz CT molecular complexity index is 1130. The highest BCUT2D eigenvalue weighted by molar-refractivity contribution is 7.99. The minimum Gasteiger partial charge on any atom is -0.383 e. The van der Waals surface area contributed by atoms with Crippen LogP contribution in [0.25, 0.3) is 10.9 Å². The molecule has 8 heteroatoms. The fourth-order valence-corrected chi connectivity index (χ4v) is 4.45. The highest BCUT2D eigenvalue weighted by Crippen LogP contribution is 2.21. The predicted molar refractivity (Wildman–Crippen MR) is 131 cm³/mol. The van der Waals surface area contributed by atoms with Crippen molar-refractivity contribution in [3.05, 3.63) is 69.0 Å². The molecule has 0 spiro atoms. The summed E-state index contributed by atoms with van der Waals surface area (Å²) in [5.74, 6) is 0.202.